The zero-order valence-corrected chi connectivity index (χ0v) is 17.1. The molecule has 27 heavy (non-hydrogen) atoms. The second-order valence-corrected chi connectivity index (χ2v) is 8.46. The van der Waals surface area contributed by atoms with Crippen LogP contribution in [0.5, 0.6) is 0 Å². The molecule has 1 unspecified atom stereocenters. The van der Waals surface area contributed by atoms with Crippen molar-refractivity contribution in [3.63, 3.8) is 0 Å². The van der Waals surface area contributed by atoms with Gasteiger partial charge in [0.2, 0.25) is 0 Å². The van der Waals surface area contributed by atoms with Gasteiger partial charge in [-0.15, -0.1) is 23.7 Å². The van der Waals surface area contributed by atoms with Crippen molar-refractivity contribution in [3.05, 3.63) is 57.2 Å². The Morgan fingerprint density at radius 3 is 2.56 bits per heavy atom. The first kappa shape index (κ1) is 20.1. The van der Waals surface area contributed by atoms with Crippen LogP contribution in [0.3, 0.4) is 0 Å². The van der Waals surface area contributed by atoms with Crippen molar-refractivity contribution < 1.29 is 9.59 Å². The largest absolute Gasteiger partial charge is 0.327 e. The molecular weight excluding hydrogens is 405 g/mol. The van der Waals surface area contributed by atoms with E-state index >= 15 is 0 Å². The standard InChI is InChI=1S/C19H20ClN3O2S.ClH/c20-17-7-6-15(26-17)12-21-10-11-22-16(13-21)18(24)23(19(22)25)9-8-14-4-2-1-3-5-14;/h1-7,16H,8-13H2;1H. The normalized spacial score (nSPS) is 20.0. The minimum Gasteiger partial charge on any atom is -0.310 e. The minimum atomic E-state index is -0.359. The first-order valence-corrected chi connectivity index (χ1v) is 9.94. The molecular formula is C19H21Cl2N3O2S. The van der Waals surface area contributed by atoms with Crippen LogP contribution in [0.25, 0.3) is 0 Å². The summed E-state index contributed by atoms with van der Waals surface area (Å²) in [4.78, 5) is 32.0. The average Bonchev–Trinajstić information content (AvgIpc) is 3.16. The van der Waals surface area contributed by atoms with Crippen LogP contribution in [0.1, 0.15) is 10.4 Å². The van der Waals surface area contributed by atoms with E-state index in [1.807, 2.05) is 42.5 Å². The zero-order valence-electron chi connectivity index (χ0n) is 14.7. The maximum absolute atomic E-state index is 12.8. The Kier molecular flexibility index (Phi) is 6.42. The lowest BCUT2D eigenvalue weighted by Crippen LogP contribution is -2.52. The fraction of sp³-hybridized carbons (Fsp3) is 0.368. The fourth-order valence-electron chi connectivity index (χ4n) is 3.60. The number of carbonyl (C=O) groups excluding carboxylic acids is 2. The topological polar surface area (TPSA) is 43.9 Å². The van der Waals surface area contributed by atoms with E-state index in [0.717, 1.165) is 23.0 Å². The number of carbonyl (C=O) groups is 2. The van der Waals surface area contributed by atoms with Gasteiger partial charge < -0.3 is 4.90 Å². The molecule has 1 atom stereocenters. The second kappa shape index (κ2) is 8.61. The van der Waals surface area contributed by atoms with Gasteiger partial charge in [-0.3, -0.25) is 14.6 Å². The molecule has 4 rings (SSSR count). The molecule has 2 aliphatic rings. The third kappa shape index (κ3) is 4.29. The van der Waals surface area contributed by atoms with Gasteiger partial charge >= 0.3 is 6.03 Å². The summed E-state index contributed by atoms with van der Waals surface area (Å²) in [5, 5.41) is 0. The molecule has 2 saturated heterocycles. The van der Waals surface area contributed by atoms with E-state index in [1.54, 1.807) is 16.2 Å². The molecule has 144 valence electrons. The summed E-state index contributed by atoms with van der Waals surface area (Å²) in [5.41, 5.74) is 1.13. The summed E-state index contributed by atoms with van der Waals surface area (Å²) in [6, 6.07) is 13.4. The Hall–Kier alpha value is -1.60. The van der Waals surface area contributed by atoms with E-state index < -0.39 is 0 Å². The van der Waals surface area contributed by atoms with Gasteiger partial charge in [0.05, 0.1) is 4.34 Å². The van der Waals surface area contributed by atoms with Gasteiger partial charge in [-0.05, 0) is 24.1 Å². The van der Waals surface area contributed by atoms with E-state index in [2.05, 4.69) is 4.90 Å². The van der Waals surface area contributed by atoms with Gasteiger partial charge in [0.1, 0.15) is 6.04 Å². The summed E-state index contributed by atoms with van der Waals surface area (Å²) in [6.07, 6.45) is 0.691. The maximum Gasteiger partial charge on any atom is 0.327 e. The van der Waals surface area contributed by atoms with Crippen molar-refractivity contribution >= 4 is 47.3 Å². The van der Waals surface area contributed by atoms with Crippen molar-refractivity contribution in [2.24, 2.45) is 0 Å². The van der Waals surface area contributed by atoms with Crippen LogP contribution in [0.4, 0.5) is 4.79 Å². The van der Waals surface area contributed by atoms with Gasteiger partial charge in [0.25, 0.3) is 5.91 Å². The Labute approximate surface area is 173 Å². The van der Waals surface area contributed by atoms with Gasteiger partial charge in [-0.25, -0.2) is 4.79 Å². The Morgan fingerprint density at radius 2 is 1.85 bits per heavy atom. The molecule has 0 spiro atoms. The predicted octanol–water partition coefficient (Wildman–Crippen LogP) is 3.51. The van der Waals surface area contributed by atoms with Crippen molar-refractivity contribution in [1.29, 1.82) is 0 Å². The molecule has 3 heterocycles. The number of imide groups is 1. The van der Waals surface area contributed by atoms with Gasteiger partial charge in [0, 0.05) is 37.6 Å². The Balaban J connectivity index is 0.00000210. The molecule has 5 nitrogen and oxygen atoms in total. The number of benzene rings is 1. The molecule has 0 bridgehead atoms. The Bertz CT molecular complexity index is 814. The molecule has 1 aromatic carbocycles. The number of urea groups is 1. The lowest BCUT2D eigenvalue weighted by atomic mass is 10.1. The van der Waals surface area contributed by atoms with Crippen molar-refractivity contribution in [2.45, 2.75) is 19.0 Å². The molecule has 0 radical (unpaired) electrons. The number of hydrogen-bond donors (Lipinski definition) is 0. The van der Waals surface area contributed by atoms with E-state index in [1.165, 1.54) is 9.78 Å². The van der Waals surface area contributed by atoms with E-state index in [0.29, 0.717) is 26.1 Å². The van der Waals surface area contributed by atoms with Crippen LogP contribution < -0.4 is 0 Å². The summed E-state index contributed by atoms with van der Waals surface area (Å²) < 4.78 is 0.776. The summed E-state index contributed by atoms with van der Waals surface area (Å²) >= 11 is 7.56. The molecule has 2 fully saturated rings. The highest BCUT2D eigenvalue weighted by Gasteiger charge is 2.47. The van der Waals surface area contributed by atoms with E-state index in [-0.39, 0.29) is 30.4 Å². The lowest BCUT2D eigenvalue weighted by Gasteiger charge is -2.35. The number of fused-ring (bicyclic) bond motifs is 1. The van der Waals surface area contributed by atoms with Crippen molar-refractivity contribution in [1.82, 2.24) is 14.7 Å². The van der Waals surface area contributed by atoms with Gasteiger partial charge in [-0.2, -0.15) is 0 Å². The quantitative estimate of drug-likeness (QED) is 0.688. The van der Waals surface area contributed by atoms with E-state index in [4.69, 9.17) is 11.6 Å². The molecule has 2 aliphatic heterocycles. The highest BCUT2D eigenvalue weighted by atomic mass is 35.5. The number of hydrogen-bond acceptors (Lipinski definition) is 4. The van der Waals surface area contributed by atoms with Crippen LogP contribution in [0.15, 0.2) is 42.5 Å². The highest BCUT2D eigenvalue weighted by Crippen LogP contribution is 2.26. The number of amides is 3. The highest BCUT2D eigenvalue weighted by molar-refractivity contribution is 7.16. The number of nitrogens with zero attached hydrogens (tertiary/aromatic N) is 3. The minimum absolute atomic E-state index is 0. The van der Waals surface area contributed by atoms with Crippen LogP contribution in [-0.4, -0.2) is 58.9 Å². The SMILES string of the molecule is Cl.O=C1C2CN(Cc3ccc(Cl)s3)CCN2C(=O)N1CCc1ccccc1. The third-order valence-electron chi connectivity index (χ3n) is 4.97. The zero-order chi connectivity index (χ0) is 18.1. The number of halogens is 2. The maximum atomic E-state index is 12.8. The molecule has 2 aromatic rings. The lowest BCUT2D eigenvalue weighted by molar-refractivity contribution is -0.129. The molecule has 0 aliphatic carbocycles. The molecule has 3 amide bonds. The van der Waals surface area contributed by atoms with Crippen molar-refractivity contribution in [3.8, 4) is 0 Å². The first-order valence-electron chi connectivity index (χ1n) is 8.74. The summed E-state index contributed by atoms with van der Waals surface area (Å²) in [6.45, 7) is 3.16. The molecule has 8 heteroatoms. The number of rotatable bonds is 5. The van der Waals surface area contributed by atoms with Crippen LogP contribution >= 0.6 is 35.3 Å². The average molecular weight is 426 g/mol. The van der Waals surface area contributed by atoms with Gasteiger partial charge in [-0.1, -0.05) is 41.9 Å². The predicted molar refractivity (Wildman–Crippen MR) is 110 cm³/mol. The first-order chi connectivity index (χ1) is 12.6. The Morgan fingerprint density at radius 1 is 1.07 bits per heavy atom. The van der Waals surface area contributed by atoms with Crippen molar-refractivity contribution in [2.75, 3.05) is 26.2 Å². The van der Waals surface area contributed by atoms with Crippen LogP contribution in [-0.2, 0) is 17.8 Å². The number of piperazine rings is 1. The third-order valence-corrected chi connectivity index (χ3v) is 6.18. The summed E-state index contributed by atoms with van der Waals surface area (Å²) in [7, 11) is 0. The van der Waals surface area contributed by atoms with Crippen LogP contribution in [0.2, 0.25) is 4.34 Å². The smallest absolute Gasteiger partial charge is 0.310 e. The van der Waals surface area contributed by atoms with Crippen LogP contribution in [0, 0.1) is 0 Å². The molecule has 0 N–H and O–H groups in total. The molecule has 1 aromatic heterocycles. The van der Waals surface area contributed by atoms with Gasteiger partial charge in [0.15, 0.2) is 0 Å². The monoisotopic (exact) mass is 425 g/mol. The second-order valence-electron chi connectivity index (χ2n) is 6.66. The number of thiophene rings is 1. The fourth-order valence-corrected chi connectivity index (χ4v) is 4.73. The summed E-state index contributed by atoms with van der Waals surface area (Å²) in [5.74, 6) is -0.0696. The molecule has 0 saturated carbocycles. The van der Waals surface area contributed by atoms with E-state index in [9.17, 15) is 9.59 Å².